The summed E-state index contributed by atoms with van der Waals surface area (Å²) in [5.41, 5.74) is 0.534. The van der Waals surface area contributed by atoms with Gasteiger partial charge in [-0.25, -0.2) is 0 Å². The third-order valence-electron chi connectivity index (χ3n) is 2.34. The van der Waals surface area contributed by atoms with Crippen molar-refractivity contribution in [3.05, 3.63) is 12.2 Å². The van der Waals surface area contributed by atoms with Gasteiger partial charge in [-0.05, 0) is 12.0 Å². The Kier molecular flexibility index (Phi) is 8.38. The Labute approximate surface area is 108 Å². The Morgan fingerprint density at radius 1 is 1.22 bits per heavy atom. The van der Waals surface area contributed by atoms with Crippen LogP contribution < -0.4 is 0 Å². The van der Waals surface area contributed by atoms with E-state index in [-0.39, 0.29) is 6.42 Å². The van der Waals surface area contributed by atoms with Crippen molar-refractivity contribution in [2.45, 2.75) is 32.6 Å². The minimum Gasteiger partial charge on any atom is -0.468 e. The van der Waals surface area contributed by atoms with E-state index in [4.69, 9.17) is 0 Å². The number of hydrogen-bond donors (Lipinski definition) is 0. The van der Waals surface area contributed by atoms with Crippen LogP contribution in [0.3, 0.4) is 0 Å². The summed E-state index contributed by atoms with van der Waals surface area (Å²) < 4.78 is 9.10. The maximum Gasteiger partial charge on any atom is 0.320 e. The number of ether oxygens (including phenoxy) is 2. The van der Waals surface area contributed by atoms with E-state index >= 15 is 0 Å². The third kappa shape index (κ3) is 6.09. The van der Waals surface area contributed by atoms with Crippen LogP contribution in [0.15, 0.2) is 12.2 Å². The first-order valence-corrected chi connectivity index (χ1v) is 5.89. The number of carbonyl (C=O) groups excluding carboxylic acids is 2. The molecule has 0 aliphatic carbocycles. The number of allylic oxidation sites excluding steroid dienone is 1. The molecule has 0 unspecified atom stereocenters. The van der Waals surface area contributed by atoms with Crippen LogP contribution in [0.5, 0.6) is 0 Å². The zero-order valence-electron chi connectivity index (χ0n) is 11.2. The number of hydrogen-bond acceptors (Lipinski definition) is 4. The van der Waals surface area contributed by atoms with Crippen LogP contribution in [0.4, 0.5) is 0 Å². The number of rotatable bonds is 6. The van der Waals surface area contributed by atoms with Crippen molar-refractivity contribution in [1.82, 2.24) is 0 Å². The van der Waals surface area contributed by atoms with Gasteiger partial charge >= 0.3 is 11.9 Å². The fourth-order valence-electron chi connectivity index (χ4n) is 1.30. The first kappa shape index (κ1) is 16.2. The fourth-order valence-corrected chi connectivity index (χ4v) is 1.30. The molecule has 0 amide bonds. The van der Waals surface area contributed by atoms with Crippen LogP contribution in [0, 0.1) is 17.8 Å². The van der Waals surface area contributed by atoms with Crippen molar-refractivity contribution < 1.29 is 19.1 Å². The average Bonchev–Trinajstić information content (AvgIpc) is 2.39. The smallest absolute Gasteiger partial charge is 0.320 e. The lowest BCUT2D eigenvalue weighted by atomic mass is 10.0. The largest absolute Gasteiger partial charge is 0.468 e. The van der Waals surface area contributed by atoms with Crippen LogP contribution in [0.25, 0.3) is 0 Å². The predicted molar refractivity (Wildman–Crippen MR) is 68.6 cm³/mol. The first-order chi connectivity index (χ1) is 8.56. The maximum atomic E-state index is 11.4. The van der Waals surface area contributed by atoms with Crippen LogP contribution in [0.2, 0.25) is 0 Å². The fraction of sp³-hybridized carbons (Fsp3) is 0.571. The number of esters is 2. The van der Waals surface area contributed by atoms with Gasteiger partial charge in [-0.2, -0.15) is 0 Å². The Balaban J connectivity index is 4.48. The highest BCUT2D eigenvalue weighted by atomic mass is 16.5. The highest BCUT2D eigenvalue weighted by molar-refractivity contribution is 5.95. The highest BCUT2D eigenvalue weighted by Gasteiger charge is 2.28. The van der Waals surface area contributed by atoms with Gasteiger partial charge < -0.3 is 9.47 Å². The molecule has 18 heavy (non-hydrogen) atoms. The molecular weight excluding hydrogens is 232 g/mol. The van der Waals surface area contributed by atoms with Crippen LogP contribution >= 0.6 is 0 Å². The summed E-state index contributed by atoms with van der Waals surface area (Å²) in [6, 6.07) is 0. The second-order valence-corrected chi connectivity index (χ2v) is 3.81. The third-order valence-corrected chi connectivity index (χ3v) is 2.34. The Morgan fingerprint density at radius 3 is 2.22 bits per heavy atom. The van der Waals surface area contributed by atoms with Gasteiger partial charge in [0.05, 0.1) is 14.2 Å². The van der Waals surface area contributed by atoms with Gasteiger partial charge in [0, 0.05) is 12.8 Å². The molecule has 4 heteroatoms. The first-order valence-electron chi connectivity index (χ1n) is 5.89. The molecule has 0 atom stereocenters. The number of methoxy groups -OCH3 is 2. The minimum absolute atomic E-state index is 0.137. The molecule has 0 saturated heterocycles. The average molecular weight is 252 g/mol. The van der Waals surface area contributed by atoms with Gasteiger partial charge in [0.25, 0.3) is 0 Å². The van der Waals surface area contributed by atoms with Crippen molar-refractivity contribution in [1.29, 1.82) is 0 Å². The van der Waals surface area contributed by atoms with Crippen LogP contribution in [-0.2, 0) is 19.1 Å². The van der Waals surface area contributed by atoms with Gasteiger partial charge in [0.1, 0.15) is 0 Å². The van der Waals surface area contributed by atoms with Crippen molar-refractivity contribution in [3.8, 4) is 11.8 Å². The molecule has 0 spiro atoms. The molecule has 0 aromatic rings. The summed E-state index contributed by atoms with van der Waals surface area (Å²) in [4.78, 5) is 22.8. The molecule has 0 aromatic heterocycles. The molecule has 0 bridgehead atoms. The summed E-state index contributed by atoms with van der Waals surface area (Å²) in [6.45, 7) is 5.82. The predicted octanol–water partition coefficient (Wildman–Crippen LogP) is 2.09. The lowest BCUT2D eigenvalue weighted by molar-refractivity contribution is -0.158. The lowest BCUT2D eigenvalue weighted by Crippen LogP contribution is -2.26. The quantitative estimate of drug-likeness (QED) is 0.314. The molecule has 100 valence electrons. The monoisotopic (exact) mass is 252 g/mol. The van der Waals surface area contributed by atoms with Gasteiger partial charge in [-0.1, -0.05) is 31.8 Å². The second-order valence-electron chi connectivity index (χ2n) is 3.81. The standard InChI is InChI=1S/C14H20O4/c1-5-6-7-8-9-11(2)10-12(13(15)17-3)14(16)18-4/h12H,2,5-7,10H2,1,3-4H3. The molecule has 0 fully saturated rings. The van der Waals surface area contributed by atoms with Crippen molar-refractivity contribution in [2.75, 3.05) is 14.2 Å². The van der Waals surface area contributed by atoms with Crippen molar-refractivity contribution in [2.24, 2.45) is 5.92 Å². The summed E-state index contributed by atoms with van der Waals surface area (Å²) in [6.07, 6.45) is 3.03. The van der Waals surface area contributed by atoms with Gasteiger partial charge in [0.15, 0.2) is 5.92 Å². The Morgan fingerprint density at radius 2 is 1.78 bits per heavy atom. The van der Waals surface area contributed by atoms with Crippen LogP contribution in [0.1, 0.15) is 32.6 Å². The molecule has 0 aromatic carbocycles. The molecule has 0 heterocycles. The summed E-state index contributed by atoms with van der Waals surface area (Å²) >= 11 is 0. The van der Waals surface area contributed by atoms with Gasteiger partial charge in [-0.3, -0.25) is 9.59 Å². The maximum absolute atomic E-state index is 11.4. The molecule has 0 N–H and O–H groups in total. The summed E-state index contributed by atoms with van der Waals surface area (Å²) in [7, 11) is 2.46. The van der Waals surface area contributed by atoms with E-state index in [1.54, 1.807) is 0 Å². The number of unbranched alkanes of at least 4 members (excludes halogenated alkanes) is 2. The van der Waals surface area contributed by atoms with E-state index in [0.717, 1.165) is 19.3 Å². The van der Waals surface area contributed by atoms with E-state index < -0.39 is 17.9 Å². The summed E-state index contributed by atoms with van der Waals surface area (Å²) in [5.74, 6) is 3.57. The van der Waals surface area contributed by atoms with E-state index in [1.165, 1.54) is 14.2 Å². The zero-order chi connectivity index (χ0) is 14.0. The van der Waals surface area contributed by atoms with E-state index in [1.807, 2.05) is 0 Å². The minimum atomic E-state index is -0.979. The van der Waals surface area contributed by atoms with E-state index in [0.29, 0.717) is 5.57 Å². The second kappa shape index (κ2) is 9.29. The SMILES string of the molecule is C=C(C#CCCCC)CC(C(=O)OC)C(=O)OC. The van der Waals surface area contributed by atoms with E-state index in [2.05, 4.69) is 34.8 Å². The van der Waals surface area contributed by atoms with E-state index in [9.17, 15) is 9.59 Å². The topological polar surface area (TPSA) is 52.6 Å². The van der Waals surface area contributed by atoms with Crippen LogP contribution in [-0.4, -0.2) is 26.2 Å². The van der Waals surface area contributed by atoms with Crippen molar-refractivity contribution in [3.63, 3.8) is 0 Å². The Hall–Kier alpha value is -1.76. The molecule has 0 saturated carbocycles. The summed E-state index contributed by atoms with van der Waals surface area (Å²) in [5, 5.41) is 0. The molecule has 0 aliphatic rings. The number of carbonyl (C=O) groups is 2. The molecule has 4 nitrogen and oxygen atoms in total. The molecule has 0 rings (SSSR count). The molecule has 0 aliphatic heterocycles. The van der Waals surface area contributed by atoms with Crippen molar-refractivity contribution >= 4 is 11.9 Å². The molecular formula is C14H20O4. The van der Waals surface area contributed by atoms with Gasteiger partial charge in [0.2, 0.25) is 0 Å². The highest BCUT2D eigenvalue weighted by Crippen LogP contribution is 2.13. The molecule has 0 radical (unpaired) electrons. The van der Waals surface area contributed by atoms with Gasteiger partial charge in [-0.15, -0.1) is 0 Å². The lowest BCUT2D eigenvalue weighted by Gasteiger charge is -2.11. The zero-order valence-corrected chi connectivity index (χ0v) is 11.2. The Bertz CT molecular complexity index is 344. The normalized spacial score (nSPS) is 9.33.